The topological polar surface area (TPSA) is 32.3 Å². The van der Waals surface area contributed by atoms with E-state index < -0.39 is 0 Å². The first-order valence-corrected chi connectivity index (χ1v) is 8.08. The Kier molecular flexibility index (Phi) is 5.26. The molecule has 0 spiro atoms. The number of piperidine rings is 1. The smallest absolute Gasteiger partial charge is 0.219 e. The lowest BCUT2D eigenvalue weighted by molar-refractivity contribution is -0.131. The lowest BCUT2D eigenvalue weighted by Crippen LogP contribution is -2.54. The molecule has 0 bridgehead atoms. The molecule has 2 atom stereocenters. The monoisotopic (exact) mass is 266 g/mol. The van der Waals surface area contributed by atoms with E-state index in [1.807, 2.05) is 0 Å². The van der Waals surface area contributed by atoms with Gasteiger partial charge in [-0.25, -0.2) is 0 Å². The molecular weight excluding hydrogens is 236 g/mol. The van der Waals surface area contributed by atoms with Crippen molar-refractivity contribution in [2.45, 2.75) is 71.4 Å². The molecule has 2 rings (SSSR count). The van der Waals surface area contributed by atoms with Crippen LogP contribution in [0.25, 0.3) is 0 Å². The molecule has 1 saturated carbocycles. The minimum atomic E-state index is 0.237. The van der Waals surface area contributed by atoms with Crippen LogP contribution in [0.4, 0.5) is 0 Å². The number of rotatable bonds is 3. The summed E-state index contributed by atoms with van der Waals surface area (Å²) in [7, 11) is 0. The summed E-state index contributed by atoms with van der Waals surface area (Å²) in [4.78, 5) is 13.8. The van der Waals surface area contributed by atoms with Gasteiger partial charge in [0.25, 0.3) is 0 Å². The van der Waals surface area contributed by atoms with Crippen molar-refractivity contribution in [3.63, 3.8) is 0 Å². The number of hydrogen-bond acceptors (Lipinski definition) is 2. The van der Waals surface area contributed by atoms with Gasteiger partial charge in [0.1, 0.15) is 0 Å². The van der Waals surface area contributed by atoms with E-state index in [1.54, 1.807) is 6.92 Å². The van der Waals surface area contributed by atoms with Crippen molar-refractivity contribution in [3.8, 4) is 0 Å². The fourth-order valence-electron chi connectivity index (χ4n) is 3.60. The highest BCUT2D eigenvalue weighted by molar-refractivity contribution is 5.73. The Bertz CT molecular complexity index is 297. The predicted octanol–water partition coefficient (Wildman–Crippen LogP) is 2.80. The summed E-state index contributed by atoms with van der Waals surface area (Å²) >= 11 is 0. The second kappa shape index (κ2) is 6.74. The summed E-state index contributed by atoms with van der Waals surface area (Å²) in [6.45, 7) is 8.14. The van der Waals surface area contributed by atoms with Gasteiger partial charge in [-0.05, 0) is 31.1 Å². The molecule has 1 heterocycles. The van der Waals surface area contributed by atoms with Crippen molar-refractivity contribution >= 4 is 5.91 Å². The van der Waals surface area contributed by atoms with Gasteiger partial charge in [0.05, 0.1) is 0 Å². The van der Waals surface area contributed by atoms with Crippen molar-refractivity contribution in [3.05, 3.63) is 0 Å². The molecule has 2 aliphatic rings. The van der Waals surface area contributed by atoms with Crippen LogP contribution < -0.4 is 5.32 Å². The molecule has 110 valence electrons. The van der Waals surface area contributed by atoms with E-state index in [0.29, 0.717) is 23.9 Å². The normalized spacial score (nSPS) is 29.8. The van der Waals surface area contributed by atoms with Crippen LogP contribution in [0.1, 0.15) is 59.3 Å². The molecule has 3 heteroatoms. The maximum Gasteiger partial charge on any atom is 0.219 e. The molecule has 1 N–H and O–H groups in total. The van der Waals surface area contributed by atoms with Crippen LogP contribution in [0.2, 0.25) is 0 Å². The molecule has 0 aromatic heterocycles. The summed E-state index contributed by atoms with van der Waals surface area (Å²) in [6.07, 6.45) is 8.02. The van der Waals surface area contributed by atoms with E-state index in [1.165, 1.54) is 38.5 Å². The molecule has 2 unspecified atom stereocenters. The third-order valence-electron chi connectivity index (χ3n) is 4.95. The standard InChI is InChI=1S/C16H30N2O/c1-12(2)14-9-16(11-18(10-14)13(3)19)17-15-7-5-4-6-8-15/h12,14-17H,4-11H2,1-3H3. The molecule has 3 nitrogen and oxygen atoms in total. The summed E-state index contributed by atoms with van der Waals surface area (Å²) in [6, 6.07) is 1.20. The first-order chi connectivity index (χ1) is 9.06. The number of nitrogens with zero attached hydrogens (tertiary/aromatic N) is 1. The molecule has 0 radical (unpaired) electrons. The Morgan fingerprint density at radius 2 is 1.79 bits per heavy atom. The summed E-state index contributed by atoms with van der Waals surface area (Å²) < 4.78 is 0. The van der Waals surface area contributed by atoms with E-state index in [4.69, 9.17) is 0 Å². The van der Waals surface area contributed by atoms with Gasteiger partial charge in [0, 0.05) is 32.1 Å². The third-order valence-corrected chi connectivity index (χ3v) is 4.95. The van der Waals surface area contributed by atoms with Crippen LogP contribution in [0.3, 0.4) is 0 Å². The first-order valence-electron chi connectivity index (χ1n) is 8.08. The summed E-state index contributed by atoms with van der Waals surface area (Å²) in [5.74, 6) is 1.55. The molecule has 1 aliphatic heterocycles. The maximum absolute atomic E-state index is 11.7. The molecule has 0 aromatic rings. The summed E-state index contributed by atoms with van der Waals surface area (Å²) in [5.41, 5.74) is 0. The third kappa shape index (κ3) is 4.20. The fourth-order valence-corrected chi connectivity index (χ4v) is 3.60. The van der Waals surface area contributed by atoms with E-state index in [-0.39, 0.29) is 5.91 Å². The predicted molar refractivity (Wildman–Crippen MR) is 79.0 cm³/mol. The van der Waals surface area contributed by atoms with Crippen molar-refractivity contribution in [1.29, 1.82) is 0 Å². The van der Waals surface area contributed by atoms with Gasteiger partial charge in [-0.15, -0.1) is 0 Å². The van der Waals surface area contributed by atoms with Crippen molar-refractivity contribution in [1.82, 2.24) is 10.2 Å². The molecular formula is C16H30N2O. The molecule has 1 amide bonds. The Balaban J connectivity index is 1.92. The molecule has 1 saturated heterocycles. The van der Waals surface area contributed by atoms with Crippen LogP contribution in [0.15, 0.2) is 0 Å². The van der Waals surface area contributed by atoms with Gasteiger partial charge in [-0.3, -0.25) is 4.79 Å². The van der Waals surface area contributed by atoms with Gasteiger partial charge in [0.2, 0.25) is 5.91 Å². The molecule has 2 fully saturated rings. The zero-order valence-corrected chi connectivity index (χ0v) is 12.8. The number of carbonyl (C=O) groups is 1. The van der Waals surface area contributed by atoms with Crippen LogP contribution in [-0.2, 0) is 4.79 Å². The zero-order valence-electron chi connectivity index (χ0n) is 12.8. The number of amides is 1. The van der Waals surface area contributed by atoms with E-state index in [0.717, 1.165) is 13.1 Å². The summed E-state index contributed by atoms with van der Waals surface area (Å²) in [5, 5.41) is 3.83. The highest BCUT2D eigenvalue weighted by Crippen LogP contribution is 2.26. The Hall–Kier alpha value is -0.570. The minimum absolute atomic E-state index is 0.237. The second-order valence-corrected chi connectivity index (χ2v) is 6.86. The Labute approximate surface area is 118 Å². The van der Waals surface area contributed by atoms with Gasteiger partial charge in [0.15, 0.2) is 0 Å². The van der Waals surface area contributed by atoms with E-state index >= 15 is 0 Å². The minimum Gasteiger partial charge on any atom is -0.341 e. The van der Waals surface area contributed by atoms with Gasteiger partial charge >= 0.3 is 0 Å². The average molecular weight is 266 g/mol. The average Bonchev–Trinajstić information content (AvgIpc) is 2.39. The van der Waals surface area contributed by atoms with Crippen molar-refractivity contribution in [2.75, 3.05) is 13.1 Å². The van der Waals surface area contributed by atoms with Crippen molar-refractivity contribution < 1.29 is 4.79 Å². The molecule has 19 heavy (non-hydrogen) atoms. The SMILES string of the molecule is CC(=O)N1CC(NC2CCCCC2)CC(C(C)C)C1. The van der Waals surface area contributed by atoms with Crippen LogP contribution >= 0.6 is 0 Å². The van der Waals surface area contributed by atoms with E-state index in [9.17, 15) is 4.79 Å². The number of likely N-dealkylation sites (tertiary alicyclic amines) is 1. The Morgan fingerprint density at radius 1 is 1.11 bits per heavy atom. The highest BCUT2D eigenvalue weighted by Gasteiger charge is 2.31. The van der Waals surface area contributed by atoms with Crippen LogP contribution in [0, 0.1) is 11.8 Å². The lowest BCUT2D eigenvalue weighted by atomic mass is 9.84. The van der Waals surface area contributed by atoms with Gasteiger partial charge < -0.3 is 10.2 Å². The van der Waals surface area contributed by atoms with Gasteiger partial charge in [-0.1, -0.05) is 33.1 Å². The molecule has 0 aromatic carbocycles. The maximum atomic E-state index is 11.7. The van der Waals surface area contributed by atoms with E-state index in [2.05, 4.69) is 24.1 Å². The number of nitrogens with one attached hydrogen (secondary N) is 1. The Morgan fingerprint density at radius 3 is 2.37 bits per heavy atom. The van der Waals surface area contributed by atoms with Crippen LogP contribution in [-0.4, -0.2) is 36.0 Å². The highest BCUT2D eigenvalue weighted by atomic mass is 16.2. The molecule has 1 aliphatic carbocycles. The van der Waals surface area contributed by atoms with Gasteiger partial charge in [-0.2, -0.15) is 0 Å². The number of carbonyl (C=O) groups excluding carboxylic acids is 1. The zero-order chi connectivity index (χ0) is 13.8. The quantitative estimate of drug-likeness (QED) is 0.852. The lowest BCUT2D eigenvalue weighted by Gasteiger charge is -2.41. The fraction of sp³-hybridized carbons (Fsp3) is 0.938. The largest absolute Gasteiger partial charge is 0.341 e. The first kappa shape index (κ1) is 14.8. The number of hydrogen-bond donors (Lipinski definition) is 1. The van der Waals surface area contributed by atoms with Crippen molar-refractivity contribution in [2.24, 2.45) is 11.8 Å². The second-order valence-electron chi connectivity index (χ2n) is 6.86. The van der Waals surface area contributed by atoms with Crippen LogP contribution in [0.5, 0.6) is 0 Å².